The average molecular weight is 463 g/mol. The molecular weight excluding hydrogens is 423 g/mol. The Morgan fingerprint density at radius 3 is 1.29 bits per heavy atom. The first kappa shape index (κ1) is 25.4. The van der Waals surface area contributed by atoms with Crippen LogP contribution in [0.1, 0.15) is 76.3 Å². The van der Waals surface area contributed by atoms with E-state index in [1.165, 1.54) is 76.0 Å². The molecule has 0 aliphatic heterocycles. The lowest BCUT2D eigenvalue weighted by molar-refractivity contribution is -0.00000590. The van der Waals surface area contributed by atoms with Gasteiger partial charge < -0.3 is 17.0 Å². The van der Waals surface area contributed by atoms with E-state index in [1.807, 2.05) is 0 Å². The molecule has 0 radical (unpaired) electrons. The molecule has 0 saturated heterocycles. The van der Waals surface area contributed by atoms with Gasteiger partial charge in [0, 0.05) is 7.26 Å². The Morgan fingerprint density at radius 2 is 0.929 bits per heavy atom. The number of hydrogen-bond donors (Lipinski definition) is 0. The summed E-state index contributed by atoms with van der Waals surface area (Å²) in [6.45, 7) is 4.64. The van der Waals surface area contributed by atoms with Gasteiger partial charge in [-0.05, 0) is 36.8 Å². The van der Waals surface area contributed by atoms with Gasteiger partial charge in [-0.1, -0.05) is 100 Å². The molecule has 0 unspecified atom stereocenters. The van der Waals surface area contributed by atoms with E-state index in [0.29, 0.717) is 0 Å². The third-order valence-corrected chi connectivity index (χ3v) is 10.3. The van der Waals surface area contributed by atoms with E-state index in [0.717, 1.165) is 0 Å². The highest BCUT2D eigenvalue weighted by Gasteiger charge is 2.36. The minimum atomic E-state index is -1.02. The van der Waals surface area contributed by atoms with Crippen LogP contribution in [0.4, 0.5) is 0 Å². The summed E-state index contributed by atoms with van der Waals surface area (Å²) in [5, 5.41) is 0. The van der Waals surface area contributed by atoms with E-state index in [1.54, 1.807) is 11.1 Å². The lowest BCUT2D eigenvalue weighted by Gasteiger charge is -2.28. The Morgan fingerprint density at radius 1 is 0.536 bits per heavy atom. The molecule has 2 aromatic rings. The lowest BCUT2D eigenvalue weighted by Crippen LogP contribution is -3.00. The maximum Gasteiger partial charge on any atom is 0.0846 e. The Hall–Kier alpha value is -0.650. The van der Waals surface area contributed by atoms with Crippen LogP contribution in [0.2, 0.25) is 0 Å². The van der Waals surface area contributed by atoms with Crippen molar-refractivity contribution in [1.82, 2.24) is 0 Å². The standard InChI is InChI=1S/C26H40P.BrH/c1-3-5-7-15-21-27(22-16-8-6-4-2,23-25-17-11-9-12-18-25)24-26-19-13-10-14-20-26;/h9-14,17-20H,3-8,15-16,21-24H2,1-2H3;1H/q+1;/p-1. The molecule has 156 valence electrons. The number of rotatable bonds is 14. The van der Waals surface area contributed by atoms with Crippen LogP contribution in [0.3, 0.4) is 0 Å². The topological polar surface area (TPSA) is 0 Å². The molecule has 0 atom stereocenters. The summed E-state index contributed by atoms with van der Waals surface area (Å²) in [6.07, 6.45) is 16.8. The molecule has 0 N–H and O–H groups in total. The van der Waals surface area contributed by atoms with Crippen molar-refractivity contribution in [1.29, 1.82) is 0 Å². The van der Waals surface area contributed by atoms with Crippen LogP contribution in [-0.2, 0) is 12.3 Å². The van der Waals surface area contributed by atoms with E-state index < -0.39 is 7.26 Å². The van der Waals surface area contributed by atoms with Crippen molar-refractivity contribution in [2.75, 3.05) is 12.3 Å². The summed E-state index contributed by atoms with van der Waals surface area (Å²) < 4.78 is 0. The normalized spacial score (nSPS) is 11.2. The van der Waals surface area contributed by atoms with Crippen LogP contribution in [-0.4, -0.2) is 12.3 Å². The maximum absolute atomic E-state index is 2.36. The van der Waals surface area contributed by atoms with E-state index in [9.17, 15) is 0 Å². The number of unbranched alkanes of at least 4 members (excludes halogenated alkanes) is 6. The summed E-state index contributed by atoms with van der Waals surface area (Å²) in [4.78, 5) is 0. The van der Waals surface area contributed by atoms with Crippen LogP contribution in [0, 0.1) is 0 Å². The fourth-order valence-corrected chi connectivity index (χ4v) is 8.90. The predicted octanol–water partition coefficient (Wildman–Crippen LogP) is 5.57. The smallest absolute Gasteiger partial charge is 0.0846 e. The number of benzene rings is 2. The largest absolute Gasteiger partial charge is 1.00 e. The first-order valence-electron chi connectivity index (χ1n) is 11.2. The molecule has 0 aliphatic rings. The molecule has 0 spiro atoms. The lowest BCUT2D eigenvalue weighted by atomic mass is 10.2. The van der Waals surface area contributed by atoms with Gasteiger partial charge in [0.25, 0.3) is 0 Å². The summed E-state index contributed by atoms with van der Waals surface area (Å²) in [5.41, 5.74) is 3.13. The highest BCUT2D eigenvalue weighted by molar-refractivity contribution is 7.74. The van der Waals surface area contributed by atoms with Crippen molar-refractivity contribution in [2.45, 2.75) is 77.5 Å². The predicted molar refractivity (Wildman–Crippen MR) is 125 cm³/mol. The van der Waals surface area contributed by atoms with Gasteiger partial charge >= 0.3 is 0 Å². The van der Waals surface area contributed by atoms with Crippen LogP contribution in [0.15, 0.2) is 60.7 Å². The summed E-state index contributed by atoms with van der Waals surface area (Å²) in [6, 6.07) is 22.6. The van der Waals surface area contributed by atoms with Gasteiger partial charge in [-0.15, -0.1) is 0 Å². The molecule has 0 amide bonds. The highest BCUT2D eigenvalue weighted by atomic mass is 79.9. The van der Waals surface area contributed by atoms with Crippen molar-refractivity contribution in [3.8, 4) is 0 Å². The summed E-state index contributed by atoms with van der Waals surface area (Å²) in [7, 11) is -1.02. The Balaban J connectivity index is 0.00000392. The Labute approximate surface area is 185 Å². The molecule has 0 saturated carbocycles. The van der Waals surface area contributed by atoms with Gasteiger partial charge in [0.1, 0.15) is 0 Å². The zero-order chi connectivity index (χ0) is 19.2. The molecular formula is C26H40BrP. The molecule has 0 aromatic heterocycles. The Kier molecular flexibility index (Phi) is 13.8. The van der Waals surface area contributed by atoms with Crippen molar-refractivity contribution < 1.29 is 17.0 Å². The second kappa shape index (κ2) is 15.2. The van der Waals surface area contributed by atoms with Gasteiger partial charge in [-0.25, -0.2) is 0 Å². The molecule has 2 aromatic carbocycles. The van der Waals surface area contributed by atoms with Crippen molar-refractivity contribution in [3.63, 3.8) is 0 Å². The van der Waals surface area contributed by atoms with Crippen LogP contribution in [0.5, 0.6) is 0 Å². The zero-order valence-electron chi connectivity index (χ0n) is 18.1. The van der Waals surface area contributed by atoms with Gasteiger partial charge in [-0.3, -0.25) is 0 Å². The summed E-state index contributed by atoms with van der Waals surface area (Å²) in [5.74, 6) is 0. The SMILES string of the molecule is CCCCCC[P+](CCCCCC)(Cc1ccccc1)Cc1ccccc1.[Br-]. The molecule has 2 rings (SSSR count). The quantitative estimate of drug-likeness (QED) is 0.254. The first-order chi connectivity index (χ1) is 13.3. The Bertz CT molecular complexity index is 541. The third kappa shape index (κ3) is 9.71. The van der Waals surface area contributed by atoms with Crippen molar-refractivity contribution in [3.05, 3.63) is 71.8 Å². The summed E-state index contributed by atoms with van der Waals surface area (Å²) >= 11 is 0. The third-order valence-electron chi connectivity index (χ3n) is 5.69. The minimum absolute atomic E-state index is 0. The second-order valence-electron chi connectivity index (χ2n) is 8.20. The number of halogens is 1. The minimum Gasteiger partial charge on any atom is -1.00 e. The molecule has 0 heterocycles. The van der Waals surface area contributed by atoms with Gasteiger partial charge in [0.15, 0.2) is 0 Å². The van der Waals surface area contributed by atoms with Gasteiger partial charge in [-0.2, -0.15) is 0 Å². The molecule has 2 heteroatoms. The fourth-order valence-electron chi connectivity index (χ4n) is 4.17. The molecule has 0 fully saturated rings. The van der Waals surface area contributed by atoms with Crippen LogP contribution >= 0.6 is 7.26 Å². The van der Waals surface area contributed by atoms with Gasteiger partial charge in [0.2, 0.25) is 0 Å². The first-order valence-corrected chi connectivity index (χ1v) is 13.7. The average Bonchev–Trinajstić information content (AvgIpc) is 2.70. The van der Waals surface area contributed by atoms with Crippen LogP contribution < -0.4 is 17.0 Å². The van der Waals surface area contributed by atoms with Crippen molar-refractivity contribution >= 4 is 7.26 Å². The second-order valence-corrected chi connectivity index (χ2v) is 12.4. The fraction of sp³-hybridized carbons (Fsp3) is 0.538. The number of hydrogen-bond acceptors (Lipinski definition) is 0. The van der Waals surface area contributed by atoms with E-state index in [2.05, 4.69) is 74.5 Å². The van der Waals surface area contributed by atoms with E-state index >= 15 is 0 Å². The van der Waals surface area contributed by atoms with E-state index in [-0.39, 0.29) is 17.0 Å². The highest BCUT2D eigenvalue weighted by Crippen LogP contribution is 2.65. The maximum atomic E-state index is 2.36. The molecule has 0 aliphatic carbocycles. The monoisotopic (exact) mass is 462 g/mol. The molecule has 0 bridgehead atoms. The zero-order valence-corrected chi connectivity index (χ0v) is 20.6. The van der Waals surface area contributed by atoms with Crippen molar-refractivity contribution in [2.24, 2.45) is 0 Å². The van der Waals surface area contributed by atoms with E-state index in [4.69, 9.17) is 0 Å². The van der Waals surface area contributed by atoms with Crippen LogP contribution in [0.25, 0.3) is 0 Å². The van der Waals surface area contributed by atoms with Gasteiger partial charge in [0.05, 0.1) is 24.6 Å². The molecule has 0 nitrogen and oxygen atoms in total. The molecule has 28 heavy (non-hydrogen) atoms.